The second kappa shape index (κ2) is 6.59. The molecule has 1 N–H and O–H groups in total. The van der Waals surface area contributed by atoms with Gasteiger partial charge in [0, 0.05) is 11.0 Å². The monoisotopic (exact) mass is 391 g/mol. The molecule has 6 heteroatoms. The molecule has 27 heavy (non-hydrogen) atoms. The van der Waals surface area contributed by atoms with Crippen LogP contribution in [-0.2, 0) is 4.79 Å². The van der Waals surface area contributed by atoms with Gasteiger partial charge in [-0.2, -0.15) is 11.8 Å². The fourth-order valence-corrected chi connectivity index (χ4v) is 9.25. The van der Waals surface area contributed by atoms with Gasteiger partial charge in [-0.1, -0.05) is 18.5 Å². The van der Waals surface area contributed by atoms with Gasteiger partial charge in [-0.15, -0.1) is 0 Å². The molecular formula is C21H33N3O2S. The number of thioether (sulfide) groups is 1. The first-order valence-corrected chi connectivity index (χ1v) is 12.0. The topological polar surface area (TPSA) is 86.1 Å². The summed E-state index contributed by atoms with van der Waals surface area (Å²) in [6, 6.07) is 0.100. The lowest BCUT2D eigenvalue weighted by Crippen LogP contribution is -2.66. The van der Waals surface area contributed by atoms with E-state index in [0.29, 0.717) is 17.8 Å². The smallest absolute Gasteiger partial charge is 0.309 e. The molecule has 150 valence electrons. The number of carboxylic acid groups (broad SMARTS) is 1. The normalized spacial score (nSPS) is 51.0. The highest BCUT2D eigenvalue weighted by molar-refractivity contribution is 7.98. The van der Waals surface area contributed by atoms with E-state index in [0.717, 1.165) is 37.9 Å². The third-order valence-corrected chi connectivity index (χ3v) is 10.2. The first-order valence-electron chi connectivity index (χ1n) is 10.6. The Hall–Kier alpha value is -0.870. The third-order valence-electron chi connectivity index (χ3n) is 9.51. The van der Waals surface area contributed by atoms with Gasteiger partial charge in [0.25, 0.3) is 0 Å². The molecule has 8 atom stereocenters. The van der Waals surface area contributed by atoms with E-state index in [-0.39, 0.29) is 22.8 Å². The summed E-state index contributed by atoms with van der Waals surface area (Å²) in [4.78, 5) is 15.5. The van der Waals surface area contributed by atoms with E-state index >= 15 is 0 Å². The first-order chi connectivity index (χ1) is 12.8. The number of hydrogen-bond acceptors (Lipinski definition) is 3. The van der Waals surface area contributed by atoms with Gasteiger partial charge in [-0.25, -0.2) is 0 Å². The van der Waals surface area contributed by atoms with Gasteiger partial charge < -0.3 is 5.11 Å². The number of aliphatic carboxylic acids is 1. The molecule has 5 fully saturated rings. The van der Waals surface area contributed by atoms with Crippen molar-refractivity contribution >= 4 is 17.7 Å². The highest BCUT2D eigenvalue weighted by Crippen LogP contribution is 2.72. The van der Waals surface area contributed by atoms with Crippen molar-refractivity contribution in [2.45, 2.75) is 71.3 Å². The molecule has 0 radical (unpaired) electrons. The van der Waals surface area contributed by atoms with Crippen molar-refractivity contribution in [3.05, 3.63) is 10.4 Å². The van der Waals surface area contributed by atoms with Gasteiger partial charge in [-0.05, 0) is 104 Å². The van der Waals surface area contributed by atoms with Crippen LogP contribution in [0, 0.1) is 39.9 Å². The highest BCUT2D eigenvalue weighted by Gasteiger charge is 2.68. The van der Waals surface area contributed by atoms with Gasteiger partial charge >= 0.3 is 5.97 Å². The molecule has 0 aliphatic heterocycles. The summed E-state index contributed by atoms with van der Waals surface area (Å²) in [6.07, 6.45) is 10.8. The molecule has 0 aromatic carbocycles. The Labute approximate surface area is 166 Å². The molecule has 0 aromatic heterocycles. The van der Waals surface area contributed by atoms with Crippen molar-refractivity contribution in [1.82, 2.24) is 0 Å². The van der Waals surface area contributed by atoms with Crippen LogP contribution < -0.4 is 0 Å². The summed E-state index contributed by atoms with van der Waals surface area (Å²) in [5.74, 6) is 2.36. The van der Waals surface area contributed by atoms with Crippen LogP contribution in [-0.4, -0.2) is 29.1 Å². The minimum atomic E-state index is -0.609. The van der Waals surface area contributed by atoms with Crippen molar-refractivity contribution in [3.63, 3.8) is 0 Å². The predicted molar refractivity (Wildman–Crippen MR) is 108 cm³/mol. The van der Waals surface area contributed by atoms with Crippen molar-refractivity contribution in [3.8, 4) is 0 Å². The molecule has 0 heterocycles. The van der Waals surface area contributed by atoms with Crippen LogP contribution in [0.3, 0.4) is 0 Å². The van der Waals surface area contributed by atoms with Crippen LogP contribution in [0.15, 0.2) is 5.11 Å². The minimum absolute atomic E-state index is 0.0653. The number of fused-ring (bicyclic) bond motifs is 3. The Morgan fingerprint density at radius 3 is 2.63 bits per heavy atom. The number of carboxylic acids is 1. The van der Waals surface area contributed by atoms with Gasteiger partial charge in [0.2, 0.25) is 0 Å². The zero-order valence-electron chi connectivity index (χ0n) is 16.9. The Kier molecular flexibility index (Phi) is 4.74. The van der Waals surface area contributed by atoms with Crippen molar-refractivity contribution in [1.29, 1.82) is 0 Å². The standard InChI is InChI=1S/C21H33N3O2S/c1-19-7-4-8-20(2,18(25)26)15(19)6-10-21-9-5-13(11-16(19)21)14(12-27-3)17(21)23-24-22/h13-17H,4-12H2,1-3H3,(H,25,26)/t13-,14+,15+,16+,17-,19-,20-,21+/m1/s1. The second-order valence-corrected chi connectivity index (χ2v) is 11.2. The zero-order valence-corrected chi connectivity index (χ0v) is 17.7. The summed E-state index contributed by atoms with van der Waals surface area (Å²) in [5, 5.41) is 14.5. The summed E-state index contributed by atoms with van der Waals surface area (Å²) >= 11 is 1.88. The molecule has 0 saturated heterocycles. The van der Waals surface area contributed by atoms with Crippen LogP contribution >= 0.6 is 11.8 Å². The lowest BCUT2D eigenvalue weighted by Gasteiger charge is -2.70. The molecule has 5 nitrogen and oxygen atoms in total. The Bertz CT molecular complexity index is 680. The molecule has 5 aliphatic carbocycles. The van der Waals surface area contributed by atoms with Gasteiger partial charge in [-0.3, -0.25) is 4.79 Å². The number of azide groups is 1. The number of hydrogen-bond donors (Lipinski definition) is 1. The SMILES string of the molecule is CSC[C@H]1[C@@H]2CC[C@@]3(CC[C@H]4[C@@](C)(CCC[C@@]4(C)C(=O)O)[C@@H]3C2)[C@@H]1N=[N+]=[N-]. The molecule has 5 aliphatic rings. The average molecular weight is 392 g/mol. The van der Waals surface area contributed by atoms with E-state index < -0.39 is 11.4 Å². The minimum Gasteiger partial charge on any atom is -0.481 e. The van der Waals surface area contributed by atoms with E-state index in [4.69, 9.17) is 0 Å². The van der Waals surface area contributed by atoms with Crippen LogP contribution in [0.25, 0.3) is 10.4 Å². The van der Waals surface area contributed by atoms with Gasteiger partial charge in [0.15, 0.2) is 0 Å². The van der Waals surface area contributed by atoms with E-state index in [2.05, 4.69) is 23.2 Å². The van der Waals surface area contributed by atoms with Crippen LogP contribution in [0.1, 0.15) is 65.2 Å². The Morgan fingerprint density at radius 2 is 1.96 bits per heavy atom. The van der Waals surface area contributed by atoms with Crippen LogP contribution in [0.5, 0.6) is 0 Å². The van der Waals surface area contributed by atoms with Crippen molar-refractivity contribution in [2.24, 2.45) is 45.0 Å². The molecule has 0 aromatic rings. The van der Waals surface area contributed by atoms with Gasteiger partial charge in [0.1, 0.15) is 0 Å². The van der Waals surface area contributed by atoms with E-state index in [1.54, 1.807) is 0 Å². The largest absolute Gasteiger partial charge is 0.481 e. The summed E-state index contributed by atoms with van der Waals surface area (Å²) < 4.78 is 0. The maximum absolute atomic E-state index is 12.2. The predicted octanol–water partition coefficient (Wildman–Crippen LogP) is 5.75. The maximum Gasteiger partial charge on any atom is 0.309 e. The quantitative estimate of drug-likeness (QED) is 0.376. The number of carbonyl (C=O) groups is 1. The van der Waals surface area contributed by atoms with Crippen LogP contribution in [0.2, 0.25) is 0 Å². The fourth-order valence-electron chi connectivity index (χ4n) is 8.41. The maximum atomic E-state index is 12.2. The molecule has 2 bridgehead atoms. The lowest BCUT2D eigenvalue weighted by molar-refractivity contribution is -0.209. The van der Waals surface area contributed by atoms with E-state index in [9.17, 15) is 15.4 Å². The number of rotatable bonds is 4. The zero-order chi connectivity index (χ0) is 19.4. The molecule has 5 saturated carbocycles. The summed E-state index contributed by atoms with van der Waals surface area (Å²) in [7, 11) is 0. The highest BCUT2D eigenvalue weighted by atomic mass is 32.2. The van der Waals surface area contributed by atoms with Gasteiger partial charge in [0.05, 0.1) is 5.41 Å². The molecule has 0 unspecified atom stereocenters. The fraction of sp³-hybridized carbons (Fsp3) is 0.952. The molecular weight excluding hydrogens is 358 g/mol. The summed E-state index contributed by atoms with van der Waals surface area (Å²) in [5.41, 5.74) is 8.91. The third kappa shape index (κ3) is 2.51. The van der Waals surface area contributed by atoms with Crippen LogP contribution in [0.4, 0.5) is 0 Å². The van der Waals surface area contributed by atoms with E-state index in [1.807, 2.05) is 18.7 Å². The summed E-state index contributed by atoms with van der Waals surface area (Å²) in [6.45, 7) is 4.39. The first kappa shape index (κ1) is 19.4. The van der Waals surface area contributed by atoms with Crippen molar-refractivity contribution < 1.29 is 9.90 Å². The van der Waals surface area contributed by atoms with E-state index in [1.165, 1.54) is 19.3 Å². The Balaban J connectivity index is 1.77. The molecule has 5 rings (SSSR count). The molecule has 1 spiro atoms. The lowest BCUT2D eigenvalue weighted by atomic mass is 9.35. The van der Waals surface area contributed by atoms with Crippen molar-refractivity contribution in [2.75, 3.05) is 12.0 Å². The molecule has 0 amide bonds. The number of nitrogens with zero attached hydrogens (tertiary/aromatic N) is 3. The Morgan fingerprint density at radius 1 is 1.22 bits per heavy atom. The average Bonchev–Trinajstić information content (AvgIpc) is 2.64. The second-order valence-electron chi connectivity index (χ2n) is 10.3.